The molecule has 2 aromatic heterocycles. The van der Waals surface area contributed by atoms with Gasteiger partial charge in [0.25, 0.3) is 0 Å². The van der Waals surface area contributed by atoms with E-state index >= 15 is 0 Å². The first-order chi connectivity index (χ1) is 14.6. The van der Waals surface area contributed by atoms with Gasteiger partial charge in [0.2, 0.25) is 5.95 Å². The van der Waals surface area contributed by atoms with Gasteiger partial charge in [-0.25, -0.2) is 9.97 Å². The Morgan fingerprint density at radius 2 is 1.80 bits per heavy atom. The predicted molar refractivity (Wildman–Crippen MR) is 122 cm³/mol. The molecule has 30 heavy (non-hydrogen) atoms. The molecule has 3 heterocycles. The molecule has 0 bridgehead atoms. The maximum atomic E-state index is 4.85. The van der Waals surface area contributed by atoms with E-state index < -0.39 is 0 Å². The highest BCUT2D eigenvalue weighted by atomic mass is 15.3. The van der Waals surface area contributed by atoms with E-state index in [1.54, 1.807) is 0 Å². The number of nitrogens with one attached hydrogen (secondary N) is 1. The van der Waals surface area contributed by atoms with E-state index in [0.29, 0.717) is 11.5 Å². The minimum atomic E-state index is 0.377. The van der Waals surface area contributed by atoms with Gasteiger partial charge in [0, 0.05) is 31.0 Å². The predicted octanol–water partition coefficient (Wildman–Crippen LogP) is 5.70. The monoisotopic (exact) mass is 404 g/mol. The third-order valence-electron chi connectivity index (χ3n) is 7.04. The zero-order valence-electron chi connectivity index (χ0n) is 18.1. The second kappa shape index (κ2) is 7.89. The van der Waals surface area contributed by atoms with Crippen LogP contribution in [0.15, 0.2) is 36.8 Å². The Morgan fingerprint density at radius 3 is 2.63 bits per heavy atom. The number of fused-ring (bicyclic) bond motifs is 1. The highest BCUT2D eigenvalue weighted by Gasteiger charge is 2.35. The molecule has 2 fully saturated rings. The number of benzene rings is 1. The molecule has 0 unspecified atom stereocenters. The van der Waals surface area contributed by atoms with E-state index in [0.717, 1.165) is 41.6 Å². The van der Waals surface area contributed by atoms with Gasteiger partial charge in [-0.3, -0.25) is 0 Å². The number of anilines is 3. The Hall–Kier alpha value is -2.63. The lowest BCUT2D eigenvalue weighted by Crippen LogP contribution is -2.27. The number of rotatable bonds is 4. The highest BCUT2D eigenvalue weighted by Crippen LogP contribution is 2.46. The molecule has 1 saturated heterocycles. The van der Waals surface area contributed by atoms with Crippen molar-refractivity contribution in [2.75, 3.05) is 23.3 Å². The third kappa shape index (κ3) is 3.75. The summed E-state index contributed by atoms with van der Waals surface area (Å²) in [6.45, 7) is 6.48. The standard InChI is InChI=1S/C24H32N6/c1-18(2)30-17-26-20-7-6-19(16-21(20)30)27-22-8-13-25-23(28-22)29-14-5-11-24(12-15-29)9-3-4-10-24/h6-8,13,16-18H,3-5,9-12,14-15H2,1-2H3,(H,25,27,28). The topological polar surface area (TPSA) is 58.9 Å². The minimum Gasteiger partial charge on any atom is -0.341 e. The first kappa shape index (κ1) is 19.3. The van der Waals surface area contributed by atoms with Crippen LogP contribution >= 0.6 is 0 Å². The van der Waals surface area contributed by atoms with Crippen LogP contribution in [-0.2, 0) is 0 Å². The van der Waals surface area contributed by atoms with E-state index in [1.807, 2.05) is 18.6 Å². The first-order valence-corrected chi connectivity index (χ1v) is 11.4. The molecule has 0 atom stereocenters. The Morgan fingerprint density at radius 1 is 0.967 bits per heavy atom. The summed E-state index contributed by atoms with van der Waals surface area (Å²) in [5.41, 5.74) is 3.77. The van der Waals surface area contributed by atoms with Crippen molar-refractivity contribution in [2.45, 2.75) is 64.8 Å². The van der Waals surface area contributed by atoms with Gasteiger partial charge in [0.05, 0.1) is 17.4 Å². The molecule has 1 saturated carbocycles. The molecule has 1 N–H and O–H groups in total. The van der Waals surface area contributed by atoms with Crippen molar-refractivity contribution in [3.8, 4) is 0 Å². The average Bonchev–Trinajstić information content (AvgIpc) is 3.32. The Balaban J connectivity index is 1.34. The maximum Gasteiger partial charge on any atom is 0.227 e. The highest BCUT2D eigenvalue weighted by molar-refractivity contribution is 5.80. The molecule has 1 spiro atoms. The smallest absolute Gasteiger partial charge is 0.227 e. The molecule has 1 aliphatic heterocycles. The summed E-state index contributed by atoms with van der Waals surface area (Å²) in [4.78, 5) is 16.3. The van der Waals surface area contributed by atoms with E-state index in [-0.39, 0.29) is 0 Å². The molecule has 5 rings (SSSR count). The van der Waals surface area contributed by atoms with Crippen LogP contribution in [-0.4, -0.2) is 32.6 Å². The van der Waals surface area contributed by atoms with E-state index in [1.165, 1.54) is 44.9 Å². The number of imidazole rings is 1. The largest absolute Gasteiger partial charge is 0.341 e. The maximum absolute atomic E-state index is 4.85. The lowest BCUT2D eigenvalue weighted by molar-refractivity contribution is 0.262. The van der Waals surface area contributed by atoms with Crippen LogP contribution in [0, 0.1) is 5.41 Å². The molecule has 0 radical (unpaired) electrons. The molecule has 0 amide bonds. The van der Waals surface area contributed by atoms with E-state index in [2.05, 4.69) is 56.8 Å². The van der Waals surface area contributed by atoms with Crippen molar-refractivity contribution in [2.24, 2.45) is 5.41 Å². The van der Waals surface area contributed by atoms with Crippen molar-refractivity contribution >= 4 is 28.5 Å². The summed E-state index contributed by atoms with van der Waals surface area (Å²) in [5, 5.41) is 3.48. The summed E-state index contributed by atoms with van der Waals surface area (Å²) in [5.74, 6) is 1.69. The van der Waals surface area contributed by atoms with Crippen LogP contribution in [0.1, 0.15) is 64.8 Å². The van der Waals surface area contributed by atoms with Gasteiger partial charge >= 0.3 is 0 Å². The van der Waals surface area contributed by atoms with Crippen molar-refractivity contribution in [3.05, 3.63) is 36.8 Å². The molecule has 6 heteroatoms. The minimum absolute atomic E-state index is 0.377. The van der Waals surface area contributed by atoms with Crippen molar-refractivity contribution in [1.29, 1.82) is 0 Å². The zero-order valence-corrected chi connectivity index (χ0v) is 18.1. The van der Waals surface area contributed by atoms with Gasteiger partial charge in [-0.15, -0.1) is 0 Å². The molecule has 6 nitrogen and oxygen atoms in total. The Bertz CT molecular complexity index is 1020. The van der Waals surface area contributed by atoms with Gasteiger partial charge in [-0.05, 0) is 75.6 Å². The Kier molecular flexibility index (Phi) is 5.09. The van der Waals surface area contributed by atoms with E-state index in [9.17, 15) is 0 Å². The van der Waals surface area contributed by atoms with Crippen molar-refractivity contribution < 1.29 is 0 Å². The third-order valence-corrected chi connectivity index (χ3v) is 7.04. The normalized spacial score (nSPS) is 19.0. The van der Waals surface area contributed by atoms with Crippen LogP contribution in [0.4, 0.5) is 17.5 Å². The second-order valence-corrected chi connectivity index (χ2v) is 9.36. The second-order valence-electron chi connectivity index (χ2n) is 9.36. The molecule has 1 aliphatic carbocycles. The van der Waals surface area contributed by atoms with Gasteiger partial charge in [-0.2, -0.15) is 4.98 Å². The van der Waals surface area contributed by atoms with Crippen LogP contribution < -0.4 is 10.2 Å². The van der Waals surface area contributed by atoms with Crippen molar-refractivity contribution in [1.82, 2.24) is 19.5 Å². The molecule has 3 aromatic rings. The summed E-state index contributed by atoms with van der Waals surface area (Å²) >= 11 is 0. The van der Waals surface area contributed by atoms with Gasteiger partial charge in [0.15, 0.2) is 0 Å². The summed E-state index contributed by atoms with van der Waals surface area (Å²) in [6.07, 6.45) is 13.3. The molecular formula is C24H32N6. The quantitative estimate of drug-likeness (QED) is 0.604. The summed E-state index contributed by atoms with van der Waals surface area (Å²) in [7, 11) is 0. The molecule has 2 aliphatic rings. The van der Waals surface area contributed by atoms with Crippen LogP contribution in [0.5, 0.6) is 0 Å². The lowest BCUT2D eigenvalue weighted by atomic mass is 9.79. The van der Waals surface area contributed by atoms with Crippen LogP contribution in [0.2, 0.25) is 0 Å². The molecule has 1 aromatic carbocycles. The lowest BCUT2D eigenvalue weighted by Gasteiger charge is -2.27. The van der Waals surface area contributed by atoms with Crippen LogP contribution in [0.3, 0.4) is 0 Å². The fourth-order valence-electron chi connectivity index (χ4n) is 5.31. The van der Waals surface area contributed by atoms with Crippen molar-refractivity contribution in [3.63, 3.8) is 0 Å². The van der Waals surface area contributed by atoms with Gasteiger partial charge < -0.3 is 14.8 Å². The summed E-state index contributed by atoms with van der Waals surface area (Å²) in [6, 6.07) is 8.61. The van der Waals surface area contributed by atoms with E-state index in [4.69, 9.17) is 4.98 Å². The molecular weight excluding hydrogens is 372 g/mol. The Labute approximate surface area is 178 Å². The number of nitrogens with zero attached hydrogens (tertiary/aromatic N) is 5. The number of aromatic nitrogens is 4. The van der Waals surface area contributed by atoms with Crippen LogP contribution in [0.25, 0.3) is 11.0 Å². The number of hydrogen-bond donors (Lipinski definition) is 1. The fraction of sp³-hybridized carbons (Fsp3) is 0.542. The molecule has 158 valence electrons. The fourth-order valence-corrected chi connectivity index (χ4v) is 5.31. The van der Waals surface area contributed by atoms with Gasteiger partial charge in [-0.1, -0.05) is 12.8 Å². The average molecular weight is 405 g/mol. The first-order valence-electron chi connectivity index (χ1n) is 11.4. The number of hydrogen-bond acceptors (Lipinski definition) is 5. The summed E-state index contributed by atoms with van der Waals surface area (Å²) < 4.78 is 2.20. The van der Waals surface area contributed by atoms with Gasteiger partial charge in [0.1, 0.15) is 5.82 Å². The zero-order chi connectivity index (χ0) is 20.6. The SMILES string of the molecule is CC(C)n1cnc2ccc(Nc3ccnc(N4CCCC5(CCCC5)CC4)n3)cc21.